The quantitative estimate of drug-likeness (QED) is 0.932. The zero-order chi connectivity index (χ0) is 16.2. The number of rotatable bonds is 3. The molecular formula is C18H21N3O2. The Hall–Kier alpha value is -2.56. The zero-order valence-electron chi connectivity index (χ0n) is 13.0. The molecule has 0 aliphatic carbocycles. The Labute approximate surface area is 136 Å². The SMILES string of the molecule is C=CN1CCN(C2=NC=CCC2C(=O)O)C(c2ccccc2)C1. The Balaban J connectivity index is 1.95. The number of hydrogen-bond donors (Lipinski definition) is 1. The number of allylic oxidation sites excluding steroid dienone is 1. The molecule has 0 radical (unpaired) electrons. The summed E-state index contributed by atoms with van der Waals surface area (Å²) in [6.45, 7) is 6.20. The highest BCUT2D eigenvalue weighted by Crippen LogP contribution is 2.29. The second-order valence-corrected chi connectivity index (χ2v) is 5.80. The first kappa shape index (κ1) is 15.3. The first-order chi connectivity index (χ1) is 11.2. The lowest BCUT2D eigenvalue weighted by Gasteiger charge is -2.44. The van der Waals surface area contributed by atoms with E-state index in [0.29, 0.717) is 12.3 Å². The van der Waals surface area contributed by atoms with Gasteiger partial charge in [-0.25, -0.2) is 4.99 Å². The number of aliphatic carboxylic acids is 1. The molecule has 5 nitrogen and oxygen atoms in total. The molecule has 2 aliphatic rings. The molecule has 0 saturated carbocycles. The summed E-state index contributed by atoms with van der Waals surface area (Å²) in [5.74, 6) is -0.717. The van der Waals surface area contributed by atoms with Gasteiger partial charge < -0.3 is 14.9 Å². The van der Waals surface area contributed by atoms with E-state index in [9.17, 15) is 9.90 Å². The van der Waals surface area contributed by atoms with Gasteiger partial charge in [-0.2, -0.15) is 0 Å². The Bertz CT molecular complexity index is 639. The minimum Gasteiger partial charge on any atom is -0.481 e. The molecule has 2 unspecified atom stereocenters. The number of nitrogens with zero attached hydrogens (tertiary/aromatic N) is 3. The lowest BCUT2D eigenvalue weighted by atomic mass is 9.96. The summed E-state index contributed by atoms with van der Waals surface area (Å²) in [7, 11) is 0. The summed E-state index contributed by atoms with van der Waals surface area (Å²) in [6.07, 6.45) is 5.89. The van der Waals surface area contributed by atoms with Crippen molar-refractivity contribution >= 4 is 11.8 Å². The molecule has 2 atom stereocenters. The van der Waals surface area contributed by atoms with Crippen molar-refractivity contribution < 1.29 is 9.90 Å². The van der Waals surface area contributed by atoms with Crippen LogP contribution in [0.15, 0.2) is 60.4 Å². The second-order valence-electron chi connectivity index (χ2n) is 5.80. The van der Waals surface area contributed by atoms with Crippen molar-refractivity contribution in [2.24, 2.45) is 10.9 Å². The summed E-state index contributed by atoms with van der Waals surface area (Å²) in [4.78, 5) is 20.3. The lowest BCUT2D eigenvalue weighted by Crippen LogP contribution is -2.52. The molecule has 0 amide bonds. The minimum atomic E-state index is -0.814. The number of hydrogen-bond acceptors (Lipinski definition) is 4. The van der Waals surface area contributed by atoms with Crippen LogP contribution in [0.1, 0.15) is 18.0 Å². The molecule has 1 saturated heterocycles. The number of carboxylic acid groups (broad SMARTS) is 1. The third-order valence-electron chi connectivity index (χ3n) is 4.44. The molecule has 0 aromatic heterocycles. The van der Waals surface area contributed by atoms with Crippen LogP contribution in [0.2, 0.25) is 0 Å². The van der Waals surface area contributed by atoms with Crippen molar-refractivity contribution in [1.29, 1.82) is 0 Å². The van der Waals surface area contributed by atoms with Gasteiger partial charge in [0.1, 0.15) is 11.8 Å². The fourth-order valence-corrected chi connectivity index (χ4v) is 3.21. The van der Waals surface area contributed by atoms with Gasteiger partial charge in [0.15, 0.2) is 0 Å². The van der Waals surface area contributed by atoms with Gasteiger partial charge in [-0.05, 0) is 18.2 Å². The molecule has 5 heteroatoms. The van der Waals surface area contributed by atoms with Gasteiger partial charge in [0.25, 0.3) is 0 Å². The molecule has 2 aliphatic heterocycles. The van der Waals surface area contributed by atoms with Crippen LogP contribution < -0.4 is 0 Å². The summed E-state index contributed by atoms with van der Waals surface area (Å²) in [5, 5.41) is 9.53. The zero-order valence-corrected chi connectivity index (χ0v) is 13.0. The van der Waals surface area contributed by atoms with E-state index in [1.807, 2.05) is 30.5 Å². The highest BCUT2D eigenvalue weighted by molar-refractivity contribution is 6.01. The topological polar surface area (TPSA) is 56.1 Å². The summed E-state index contributed by atoms with van der Waals surface area (Å²) in [5.41, 5.74) is 1.17. The molecule has 23 heavy (non-hydrogen) atoms. The first-order valence-electron chi connectivity index (χ1n) is 7.84. The number of carboxylic acids is 1. The number of aliphatic imine (C=N–C) groups is 1. The van der Waals surface area contributed by atoms with E-state index in [0.717, 1.165) is 19.6 Å². The Morgan fingerprint density at radius 3 is 2.78 bits per heavy atom. The maximum Gasteiger partial charge on any atom is 0.314 e. The third kappa shape index (κ3) is 3.13. The van der Waals surface area contributed by atoms with Crippen LogP contribution in [0.5, 0.6) is 0 Å². The summed E-state index contributed by atoms with van der Waals surface area (Å²) < 4.78 is 0. The predicted octanol–water partition coefficient (Wildman–Crippen LogP) is 2.51. The van der Waals surface area contributed by atoms with Crippen molar-refractivity contribution in [2.45, 2.75) is 12.5 Å². The van der Waals surface area contributed by atoms with Crippen molar-refractivity contribution in [3.05, 3.63) is 61.0 Å². The number of carbonyl (C=O) groups is 1. The molecule has 1 fully saturated rings. The average molecular weight is 311 g/mol. The molecule has 120 valence electrons. The molecule has 1 aromatic rings. The fraction of sp³-hybridized carbons (Fsp3) is 0.333. The Morgan fingerprint density at radius 1 is 1.30 bits per heavy atom. The maximum absolute atomic E-state index is 11.6. The number of benzene rings is 1. The van der Waals surface area contributed by atoms with Crippen LogP contribution in [0, 0.1) is 5.92 Å². The smallest absolute Gasteiger partial charge is 0.314 e. The van der Waals surface area contributed by atoms with Gasteiger partial charge in [-0.3, -0.25) is 4.79 Å². The van der Waals surface area contributed by atoms with Gasteiger partial charge in [0.05, 0.1) is 6.04 Å². The van der Waals surface area contributed by atoms with Gasteiger partial charge in [0, 0.05) is 25.8 Å². The molecule has 0 spiro atoms. The van der Waals surface area contributed by atoms with Crippen LogP contribution in [0.4, 0.5) is 0 Å². The van der Waals surface area contributed by atoms with Crippen molar-refractivity contribution in [3.63, 3.8) is 0 Å². The summed E-state index contributed by atoms with van der Waals surface area (Å²) in [6, 6.07) is 10.3. The van der Waals surface area contributed by atoms with Gasteiger partial charge in [-0.15, -0.1) is 0 Å². The van der Waals surface area contributed by atoms with E-state index >= 15 is 0 Å². The highest BCUT2D eigenvalue weighted by atomic mass is 16.4. The van der Waals surface area contributed by atoms with Crippen LogP contribution in [0.25, 0.3) is 0 Å². The van der Waals surface area contributed by atoms with Crippen LogP contribution in [0.3, 0.4) is 0 Å². The van der Waals surface area contributed by atoms with E-state index in [1.165, 1.54) is 5.56 Å². The van der Waals surface area contributed by atoms with Gasteiger partial charge in [0.2, 0.25) is 0 Å². The average Bonchev–Trinajstić information content (AvgIpc) is 2.62. The standard InChI is InChI=1S/C18H21N3O2/c1-2-20-11-12-21(16(13-20)14-7-4-3-5-8-14)17-15(18(22)23)9-6-10-19-17/h2-8,10,15-16H,1,9,11-13H2,(H,22,23). The molecule has 0 bridgehead atoms. The van der Waals surface area contributed by atoms with Crippen LogP contribution in [-0.2, 0) is 4.79 Å². The van der Waals surface area contributed by atoms with E-state index < -0.39 is 11.9 Å². The van der Waals surface area contributed by atoms with Gasteiger partial charge in [-0.1, -0.05) is 43.0 Å². The monoisotopic (exact) mass is 311 g/mol. The highest BCUT2D eigenvalue weighted by Gasteiger charge is 2.35. The number of amidine groups is 1. The molecule has 2 heterocycles. The second kappa shape index (κ2) is 6.69. The van der Waals surface area contributed by atoms with Crippen molar-refractivity contribution in [1.82, 2.24) is 9.80 Å². The first-order valence-corrected chi connectivity index (χ1v) is 7.84. The van der Waals surface area contributed by atoms with E-state index in [1.54, 1.807) is 6.20 Å². The van der Waals surface area contributed by atoms with E-state index in [2.05, 4.69) is 33.5 Å². The van der Waals surface area contributed by atoms with Gasteiger partial charge >= 0.3 is 5.97 Å². The predicted molar refractivity (Wildman–Crippen MR) is 90.0 cm³/mol. The van der Waals surface area contributed by atoms with Crippen molar-refractivity contribution in [3.8, 4) is 0 Å². The molecule has 1 aromatic carbocycles. The molecule has 3 rings (SSSR count). The normalized spacial score (nSPS) is 24.3. The van der Waals surface area contributed by atoms with Crippen LogP contribution >= 0.6 is 0 Å². The minimum absolute atomic E-state index is 0.0787. The lowest BCUT2D eigenvalue weighted by molar-refractivity contribution is -0.139. The maximum atomic E-state index is 11.6. The molecule has 1 N–H and O–H groups in total. The summed E-state index contributed by atoms with van der Waals surface area (Å²) >= 11 is 0. The molecular weight excluding hydrogens is 290 g/mol. The Morgan fingerprint density at radius 2 is 2.09 bits per heavy atom. The van der Waals surface area contributed by atoms with E-state index in [-0.39, 0.29) is 6.04 Å². The van der Waals surface area contributed by atoms with Crippen molar-refractivity contribution in [2.75, 3.05) is 19.6 Å². The third-order valence-corrected chi connectivity index (χ3v) is 4.44. The Kier molecular flexibility index (Phi) is 4.46. The van der Waals surface area contributed by atoms with E-state index in [4.69, 9.17) is 0 Å². The van der Waals surface area contributed by atoms with Crippen LogP contribution in [-0.4, -0.2) is 46.3 Å². The number of piperazine rings is 1. The fourth-order valence-electron chi connectivity index (χ4n) is 3.21. The largest absolute Gasteiger partial charge is 0.481 e.